The second-order valence-electron chi connectivity index (χ2n) is 10.4. The van der Waals surface area contributed by atoms with Gasteiger partial charge in [0.1, 0.15) is 0 Å². The summed E-state index contributed by atoms with van der Waals surface area (Å²) in [6.45, 7) is 7.48. The Kier molecular flexibility index (Phi) is 8.91. The van der Waals surface area contributed by atoms with E-state index in [1.807, 2.05) is 52.0 Å². The molecule has 0 aliphatic heterocycles. The third kappa shape index (κ3) is 8.28. The number of amides is 2. The van der Waals surface area contributed by atoms with E-state index in [4.69, 9.17) is 0 Å². The second-order valence-corrected chi connectivity index (χ2v) is 12.4. The second kappa shape index (κ2) is 11.7. The first-order valence-electron chi connectivity index (χ1n) is 12.3. The molecule has 0 unspecified atom stereocenters. The smallest absolute Gasteiger partial charge is 0.224 e. The number of sulfone groups is 1. The number of H-pyrrole nitrogens is 1. The number of Topliss-reactive ketones (excluding diaryl/α,β-unsaturated/α-hetero) is 1. The molecule has 3 rings (SSSR count). The topological polar surface area (TPSA) is 125 Å². The van der Waals surface area contributed by atoms with E-state index in [-0.39, 0.29) is 30.1 Å². The molecule has 3 aromatic rings. The van der Waals surface area contributed by atoms with Gasteiger partial charge in [-0.25, -0.2) is 8.42 Å². The van der Waals surface area contributed by atoms with Crippen molar-refractivity contribution in [2.75, 3.05) is 12.3 Å². The van der Waals surface area contributed by atoms with Crippen molar-refractivity contribution in [3.05, 3.63) is 65.9 Å². The molecule has 2 aromatic carbocycles. The molecule has 0 aliphatic rings. The Labute approximate surface area is 218 Å². The minimum Gasteiger partial charge on any atom is -0.356 e. The lowest BCUT2D eigenvalue weighted by Crippen LogP contribution is -2.44. The van der Waals surface area contributed by atoms with Crippen LogP contribution < -0.4 is 10.6 Å². The molecule has 1 atom stereocenters. The van der Waals surface area contributed by atoms with Gasteiger partial charge < -0.3 is 15.6 Å². The molecule has 0 radical (unpaired) electrons. The van der Waals surface area contributed by atoms with E-state index in [1.165, 1.54) is 12.1 Å². The van der Waals surface area contributed by atoms with E-state index in [2.05, 4.69) is 15.6 Å². The maximum atomic E-state index is 13.0. The molecule has 9 heteroatoms. The number of carbonyl (C=O) groups excluding carboxylic acids is 3. The van der Waals surface area contributed by atoms with Crippen molar-refractivity contribution in [2.45, 2.75) is 57.4 Å². The molecule has 3 N–H and O–H groups in total. The van der Waals surface area contributed by atoms with Crippen LogP contribution in [0.1, 0.15) is 56.1 Å². The van der Waals surface area contributed by atoms with Crippen LogP contribution in [0.25, 0.3) is 10.9 Å². The predicted octanol–water partition coefficient (Wildman–Crippen LogP) is 3.95. The van der Waals surface area contributed by atoms with Crippen LogP contribution in [0.3, 0.4) is 0 Å². The summed E-state index contributed by atoms with van der Waals surface area (Å²) >= 11 is 0. The fourth-order valence-corrected chi connectivity index (χ4v) is 5.53. The lowest BCUT2D eigenvalue weighted by atomic mass is 10.0. The van der Waals surface area contributed by atoms with Gasteiger partial charge >= 0.3 is 0 Å². The summed E-state index contributed by atoms with van der Waals surface area (Å²) in [5, 5.41) is 6.46. The molecule has 0 bridgehead atoms. The Morgan fingerprint density at radius 1 is 1.00 bits per heavy atom. The highest BCUT2D eigenvalue weighted by Gasteiger charge is 2.30. The van der Waals surface area contributed by atoms with Crippen LogP contribution in [0.15, 0.2) is 59.5 Å². The first-order valence-corrected chi connectivity index (χ1v) is 14.0. The molecule has 37 heavy (non-hydrogen) atoms. The van der Waals surface area contributed by atoms with E-state index >= 15 is 0 Å². The van der Waals surface area contributed by atoms with Gasteiger partial charge in [0.05, 0.1) is 22.3 Å². The first-order chi connectivity index (χ1) is 17.3. The number of aryl methyl sites for hydroxylation is 1. The number of para-hydroxylation sites is 1. The maximum absolute atomic E-state index is 13.0. The summed E-state index contributed by atoms with van der Waals surface area (Å²) in [5.41, 5.74) is 1.79. The third-order valence-electron chi connectivity index (χ3n) is 5.83. The number of hydrogen-bond acceptors (Lipinski definition) is 5. The molecule has 0 saturated heterocycles. The molecule has 1 heterocycles. The Bertz CT molecular complexity index is 1340. The Hall–Kier alpha value is -3.46. The highest BCUT2D eigenvalue weighted by molar-refractivity contribution is 7.91. The van der Waals surface area contributed by atoms with Crippen LogP contribution >= 0.6 is 0 Å². The average molecular weight is 526 g/mol. The number of aromatic amines is 1. The number of nitrogens with one attached hydrogen (secondary N) is 3. The number of rotatable bonds is 11. The molecule has 2 amide bonds. The molecule has 0 spiro atoms. The van der Waals surface area contributed by atoms with Crippen molar-refractivity contribution in [1.82, 2.24) is 15.6 Å². The standard InChI is InChI=1S/C28H35N3O5S/c1-19-11-13-22(14-12-19)37(35,36)18-21(17-26(33)31-28(2,3)4)27(34)29-15-7-10-25(32)24-16-20-8-5-6-9-23(20)30-24/h5-6,8-9,11-14,16,21,30H,7,10,15,17-18H2,1-4H3,(H,29,34)(H,31,33)/t21-/m1/s1. The largest absolute Gasteiger partial charge is 0.356 e. The molecule has 198 valence electrons. The number of benzene rings is 2. The normalized spacial score (nSPS) is 12.8. The lowest BCUT2D eigenvalue weighted by molar-refractivity contribution is -0.130. The van der Waals surface area contributed by atoms with E-state index in [9.17, 15) is 22.8 Å². The molecule has 0 fully saturated rings. The van der Waals surface area contributed by atoms with E-state index < -0.39 is 38.9 Å². The number of carbonyl (C=O) groups is 3. The molecule has 0 saturated carbocycles. The molecule has 0 aliphatic carbocycles. The minimum atomic E-state index is -3.80. The Balaban J connectivity index is 1.62. The number of ketones is 1. The summed E-state index contributed by atoms with van der Waals surface area (Å²) in [6.07, 6.45) is 0.331. The first kappa shape index (κ1) is 28.1. The van der Waals surface area contributed by atoms with Gasteiger partial charge in [0.15, 0.2) is 15.6 Å². The number of fused-ring (bicyclic) bond motifs is 1. The summed E-state index contributed by atoms with van der Waals surface area (Å²) in [7, 11) is -3.80. The number of aromatic nitrogens is 1. The van der Waals surface area contributed by atoms with Gasteiger partial charge in [0.2, 0.25) is 11.8 Å². The highest BCUT2D eigenvalue weighted by Crippen LogP contribution is 2.19. The average Bonchev–Trinajstić information content (AvgIpc) is 3.24. The SMILES string of the molecule is Cc1ccc(S(=O)(=O)C[C@@H](CC(=O)NC(C)(C)C)C(=O)NCCCC(=O)c2cc3ccccc3[nH]2)cc1. The van der Waals surface area contributed by atoms with Crippen LogP contribution in [0.2, 0.25) is 0 Å². The summed E-state index contributed by atoms with van der Waals surface area (Å²) in [5.74, 6) is -2.57. The van der Waals surface area contributed by atoms with Crippen molar-refractivity contribution in [1.29, 1.82) is 0 Å². The predicted molar refractivity (Wildman–Crippen MR) is 144 cm³/mol. The van der Waals surface area contributed by atoms with Crippen molar-refractivity contribution < 1.29 is 22.8 Å². The van der Waals surface area contributed by atoms with Gasteiger partial charge in [-0.05, 0) is 58.4 Å². The molecule has 1 aromatic heterocycles. The molecule has 8 nitrogen and oxygen atoms in total. The van der Waals surface area contributed by atoms with Gasteiger partial charge in [-0.15, -0.1) is 0 Å². The van der Waals surface area contributed by atoms with E-state index in [1.54, 1.807) is 18.2 Å². The zero-order valence-corrected chi connectivity index (χ0v) is 22.6. The zero-order chi connectivity index (χ0) is 27.2. The van der Waals surface area contributed by atoms with Gasteiger partial charge in [-0.3, -0.25) is 14.4 Å². The monoisotopic (exact) mass is 525 g/mol. The lowest BCUT2D eigenvalue weighted by Gasteiger charge is -2.23. The van der Waals surface area contributed by atoms with Gasteiger partial charge in [-0.2, -0.15) is 0 Å². The van der Waals surface area contributed by atoms with Crippen molar-refractivity contribution in [3.8, 4) is 0 Å². The van der Waals surface area contributed by atoms with Crippen LogP contribution in [0, 0.1) is 12.8 Å². The van der Waals surface area contributed by atoms with Crippen LogP contribution in [0.5, 0.6) is 0 Å². The summed E-state index contributed by atoms with van der Waals surface area (Å²) in [4.78, 5) is 41.3. The van der Waals surface area contributed by atoms with Gasteiger partial charge in [0, 0.05) is 35.8 Å². The Morgan fingerprint density at radius 2 is 1.68 bits per heavy atom. The zero-order valence-electron chi connectivity index (χ0n) is 21.8. The third-order valence-corrected chi connectivity index (χ3v) is 7.66. The fraction of sp³-hybridized carbons (Fsp3) is 0.393. The maximum Gasteiger partial charge on any atom is 0.224 e. The van der Waals surface area contributed by atoms with Gasteiger partial charge in [0.25, 0.3) is 0 Å². The van der Waals surface area contributed by atoms with Gasteiger partial charge in [-0.1, -0.05) is 35.9 Å². The van der Waals surface area contributed by atoms with Crippen LogP contribution in [0.4, 0.5) is 0 Å². The molecular weight excluding hydrogens is 490 g/mol. The van der Waals surface area contributed by atoms with Crippen LogP contribution in [-0.2, 0) is 19.4 Å². The van der Waals surface area contributed by atoms with Crippen molar-refractivity contribution in [3.63, 3.8) is 0 Å². The van der Waals surface area contributed by atoms with E-state index in [0.717, 1.165) is 16.5 Å². The minimum absolute atomic E-state index is 0.0755. The summed E-state index contributed by atoms with van der Waals surface area (Å²) < 4.78 is 26.0. The molecular formula is C28H35N3O5S. The summed E-state index contributed by atoms with van der Waals surface area (Å²) in [6, 6.07) is 15.8. The Morgan fingerprint density at radius 3 is 2.32 bits per heavy atom. The van der Waals surface area contributed by atoms with Crippen molar-refractivity contribution in [2.24, 2.45) is 5.92 Å². The highest BCUT2D eigenvalue weighted by atomic mass is 32.2. The van der Waals surface area contributed by atoms with Crippen molar-refractivity contribution >= 4 is 38.3 Å². The quantitative estimate of drug-likeness (QED) is 0.258. The fourth-order valence-electron chi connectivity index (χ4n) is 3.99. The van der Waals surface area contributed by atoms with E-state index in [0.29, 0.717) is 12.1 Å². The van der Waals surface area contributed by atoms with Crippen LogP contribution in [-0.4, -0.2) is 48.8 Å². The number of hydrogen-bond donors (Lipinski definition) is 3.